The summed E-state index contributed by atoms with van der Waals surface area (Å²) in [6.07, 6.45) is 2.92. The minimum absolute atomic E-state index is 0.0908. The Morgan fingerprint density at radius 3 is 2.96 bits per heavy atom. The minimum atomic E-state index is -2.96. The lowest BCUT2D eigenvalue weighted by molar-refractivity contribution is -0.0501. The first kappa shape index (κ1) is 17.6. The van der Waals surface area contributed by atoms with Gasteiger partial charge in [0.25, 0.3) is 5.91 Å². The van der Waals surface area contributed by atoms with E-state index in [2.05, 4.69) is 10.1 Å². The molecule has 5 nitrogen and oxygen atoms in total. The molecule has 0 radical (unpaired) electrons. The second-order valence-electron chi connectivity index (χ2n) is 5.19. The van der Waals surface area contributed by atoms with Crippen molar-refractivity contribution in [3.8, 4) is 5.75 Å². The number of halogens is 2. The molecule has 1 fully saturated rings. The van der Waals surface area contributed by atoms with Gasteiger partial charge in [0, 0.05) is 19.8 Å². The number of rotatable bonds is 9. The average Bonchev–Trinajstić information content (AvgIpc) is 3.04. The van der Waals surface area contributed by atoms with Crippen molar-refractivity contribution in [1.29, 1.82) is 0 Å². The lowest BCUT2D eigenvalue weighted by Gasteiger charge is -2.12. The van der Waals surface area contributed by atoms with E-state index in [1.165, 1.54) is 18.2 Å². The molecule has 0 saturated carbocycles. The Kier molecular flexibility index (Phi) is 7.22. The third-order valence-corrected chi connectivity index (χ3v) is 3.43. The van der Waals surface area contributed by atoms with Crippen molar-refractivity contribution < 1.29 is 27.8 Å². The van der Waals surface area contributed by atoms with Crippen LogP contribution in [-0.4, -0.2) is 45.0 Å². The van der Waals surface area contributed by atoms with Crippen LogP contribution in [0.1, 0.15) is 29.6 Å². The summed E-state index contributed by atoms with van der Waals surface area (Å²) in [4.78, 5) is 12.0. The summed E-state index contributed by atoms with van der Waals surface area (Å²) in [5, 5.41) is 2.67. The number of amides is 1. The number of carbonyl (C=O) groups excluding carboxylic acids is 1. The molecule has 1 aliphatic rings. The van der Waals surface area contributed by atoms with Crippen molar-refractivity contribution in [3.63, 3.8) is 0 Å². The topological polar surface area (TPSA) is 56.8 Å². The Morgan fingerprint density at radius 1 is 1.39 bits per heavy atom. The van der Waals surface area contributed by atoms with Crippen molar-refractivity contribution in [1.82, 2.24) is 5.32 Å². The van der Waals surface area contributed by atoms with Crippen LogP contribution in [0, 0.1) is 0 Å². The fraction of sp³-hybridized carbons (Fsp3) is 0.562. The summed E-state index contributed by atoms with van der Waals surface area (Å²) >= 11 is 0. The summed E-state index contributed by atoms with van der Waals surface area (Å²) < 4.78 is 39.9. The molecule has 1 aliphatic heterocycles. The lowest BCUT2D eigenvalue weighted by atomic mass is 10.2. The van der Waals surface area contributed by atoms with Gasteiger partial charge < -0.3 is 19.5 Å². The van der Waals surface area contributed by atoms with Crippen LogP contribution in [0.15, 0.2) is 24.3 Å². The van der Waals surface area contributed by atoms with Crippen LogP contribution in [0.25, 0.3) is 0 Å². The lowest BCUT2D eigenvalue weighted by Crippen LogP contribution is -2.26. The summed E-state index contributed by atoms with van der Waals surface area (Å²) in [6, 6.07) is 5.91. The largest absolute Gasteiger partial charge is 0.434 e. The Balaban J connectivity index is 1.66. The SMILES string of the molecule is O=C(NCCCOCC1CCCO1)c1ccccc1OC(F)F. The summed E-state index contributed by atoms with van der Waals surface area (Å²) in [6.45, 7) is -0.693. The second-order valence-corrected chi connectivity index (χ2v) is 5.19. The minimum Gasteiger partial charge on any atom is -0.434 e. The van der Waals surface area contributed by atoms with Crippen molar-refractivity contribution in [2.24, 2.45) is 0 Å². The number of hydrogen-bond donors (Lipinski definition) is 1. The molecule has 23 heavy (non-hydrogen) atoms. The molecule has 1 unspecified atom stereocenters. The molecule has 0 spiro atoms. The Hall–Kier alpha value is -1.73. The van der Waals surface area contributed by atoms with Crippen LogP contribution < -0.4 is 10.1 Å². The van der Waals surface area contributed by atoms with E-state index < -0.39 is 12.5 Å². The molecule has 1 aromatic rings. The van der Waals surface area contributed by atoms with E-state index in [4.69, 9.17) is 9.47 Å². The maximum absolute atomic E-state index is 12.3. The maximum Gasteiger partial charge on any atom is 0.387 e. The molecule has 1 N–H and O–H groups in total. The van der Waals surface area contributed by atoms with Crippen LogP contribution >= 0.6 is 0 Å². The summed E-state index contributed by atoms with van der Waals surface area (Å²) in [7, 11) is 0. The summed E-state index contributed by atoms with van der Waals surface area (Å²) in [5.74, 6) is -0.574. The highest BCUT2D eigenvalue weighted by Gasteiger charge is 2.16. The van der Waals surface area contributed by atoms with Gasteiger partial charge in [-0.25, -0.2) is 0 Å². The second kappa shape index (κ2) is 9.42. The number of alkyl halides is 2. The molecule has 0 bridgehead atoms. The van der Waals surface area contributed by atoms with E-state index in [1.54, 1.807) is 6.07 Å². The highest BCUT2D eigenvalue weighted by molar-refractivity contribution is 5.96. The molecule has 1 atom stereocenters. The molecule has 1 saturated heterocycles. The number of para-hydroxylation sites is 1. The standard InChI is InChI=1S/C16H21F2NO4/c17-16(18)23-14-7-2-1-6-13(14)15(20)19-8-4-9-21-11-12-5-3-10-22-12/h1-2,6-7,12,16H,3-5,8-11H2,(H,19,20). The molecule has 1 amide bonds. The number of ether oxygens (including phenoxy) is 3. The third-order valence-electron chi connectivity index (χ3n) is 3.43. The van der Waals surface area contributed by atoms with Crippen molar-refractivity contribution >= 4 is 5.91 Å². The summed E-state index contributed by atoms with van der Waals surface area (Å²) in [5.41, 5.74) is 0.0908. The van der Waals surface area contributed by atoms with Crippen LogP contribution in [0.5, 0.6) is 5.75 Å². The zero-order chi connectivity index (χ0) is 16.5. The van der Waals surface area contributed by atoms with Crippen LogP contribution in [0.4, 0.5) is 8.78 Å². The zero-order valence-corrected chi connectivity index (χ0v) is 12.8. The number of hydrogen-bond acceptors (Lipinski definition) is 4. The first-order valence-electron chi connectivity index (χ1n) is 7.68. The molecule has 0 aromatic heterocycles. The third kappa shape index (κ3) is 6.11. The van der Waals surface area contributed by atoms with Gasteiger partial charge in [-0.1, -0.05) is 12.1 Å². The van der Waals surface area contributed by atoms with Crippen molar-refractivity contribution in [2.75, 3.05) is 26.4 Å². The van der Waals surface area contributed by atoms with E-state index in [0.29, 0.717) is 26.2 Å². The van der Waals surface area contributed by atoms with Crippen LogP contribution in [0.2, 0.25) is 0 Å². The van der Waals surface area contributed by atoms with Gasteiger partial charge in [-0.15, -0.1) is 0 Å². The van der Waals surface area contributed by atoms with Gasteiger partial charge in [0.15, 0.2) is 0 Å². The van der Waals surface area contributed by atoms with Gasteiger partial charge in [-0.3, -0.25) is 4.79 Å². The Labute approximate surface area is 133 Å². The normalized spacial score (nSPS) is 17.4. The van der Waals surface area contributed by atoms with E-state index in [9.17, 15) is 13.6 Å². The van der Waals surface area contributed by atoms with E-state index in [0.717, 1.165) is 19.4 Å². The molecule has 0 aliphatic carbocycles. The molecular weight excluding hydrogens is 308 g/mol. The van der Waals surface area contributed by atoms with Gasteiger partial charge >= 0.3 is 6.61 Å². The fourth-order valence-corrected chi connectivity index (χ4v) is 2.31. The van der Waals surface area contributed by atoms with Crippen LogP contribution in [-0.2, 0) is 9.47 Å². The number of nitrogens with one attached hydrogen (secondary N) is 1. The predicted molar refractivity (Wildman–Crippen MR) is 79.8 cm³/mol. The van der Waals surface area contributed by atoms with E-state index in [1.807, 2.05) is 0 Å². The first-order valence-corrected chi connectivity index (χ1v) is 7.68. The molecule has 128 valence electrons. The quantitative estimate of drug-likeness (QED) is 0.708. The van der Waals surface area contributed by atoms with Gasteiger partial charge in [0.2, 0.25) is 0 Å². The van der Waals surface area contributed by atoms with Gasteiger partial charge in [0.05, 0.1) is 18.3 Å². The van der Waals surface area contributed by atoms with Crippen molar-refractivity contribution in [2.45, 2.75) is 32.0 Å². The fourth-order valence-electron chi connectivity index (χ4n) is 2.31. The Morgan fingerprint density at radius 2 is 2.22 bits per heavy atom. The smallest absolute Gasteiger partial charge is 0.387 e. The highest BCUT2D eigenvalue weighted by Crippen LogP contribution is 2.20. The van der Waals surface area contributed by atoms with E-state index in [-0.39, 0.29) is 17.4 Å². The molecule has 1 heterocycles. The van der Waals surface area contributed by atoms with E-state index >= 15 is 0 Å². The van der Waals surface area contributed by atoms with Gasteiger partial charge in [-0.05, 0) is 31.4 Å². The molecule has 7 heteroatoms. The van der Waals surface area contributed by atoms with Gasteiger partial charge in [0.1, 0.15) is 5.75 Å². The average molecular weight is 329 g/mol. The predicted octanol–water partition coefficient (Wildman–Crippen LogP) is 2.60. The highest BCUT2D eigenvalue weighted by atomic mass is 19.3. The zero-order valence-electron chi connectivity index (χ0n) is 12.8. The first-order chi connectivity index (χ1) is 11.2. The number of carbonyl (C=O) groups is 1. The molecule has 1 aromatic carbocycles. The molecular formula is C16H21F2NO4. The van der Waals surface area contributed by atoms with Crippen LogP contribution in [0.3, 0.4) is 0 Å². The maximum atomic E-state index is 12.3. The van der Waals surface area contributed by atoms with Crippen molar-refractivity contribution in [3.05, 3.63) is 29.8 Å². The number of benzene rings is 1. The Bertz CT molecular complexity index is 493. The monoisotopic (exact) mass is 329 g/mol. The van der Waals surface area contributed by atoms with Gasteiger partial charge in [-0.2, -0.15) is 8.78 Å². The molecule has 2 rings (SSSR count).